The highest BCUT2D eigenvalue weighted by Gasteiger charge is 2.08. The Morgan fingerprint density at radius 2 is 2.08 bits per heavy atom. The largest absolute Gasteiger partial charge is 0.464 e. The van der Waals surface area contributed by atoms with Crippen LogP contribution < -0.4 is 4.74 Å². The maximum Gasteiger partial charge on any atom is 0.134 e. The fourth-order valence-corrected chi connectivity index (χ4v) is 1.33. The number of allylic oxidation sites excluding steroid dienone is 3. The van der Waals surface area contributed by atoms with Crippen molar-refractivity contribution in [3.8, 4) is 5.75 Å². The third-order valence-electron chi connectivity index (χ3n) is 1.95. The Kier molecular flexibility index (Phi) is 1.71. The summed E-state index contributed by atoms with van der Waals surface area (Å²) in [5.41, 5.74) is 2.39. The monoisotopic (exact) mass is 158 g/mol. The van der Waals surface area contributed by atoms with Crippen LogP contribution in [0.1, 0.15) is 12.5 Å². The van der Waals surface area contributed by atoms with Gasteiger partial charge in [-0.05, 0) is 24.6 Å². The molecule has 0 saturated heterocycles. The van der Waals surface area contributed by atoms with Crippen LogP contribution in [-0.2, 0) is 0 Å². The average Bonchev–Trinajstić information content (AvgIpc) is 2.17. The maximum absolute atomic E-state index is 5.33. The molecule has 0 radical (unpaired) electrons. The summed E-state index contributed by atoms with van der Waals surface area (Å²) in [6.45, 7) is 2.03. The minimum Gasteiger partial charge on any atom is -0.464 e. The van der Waals surface area contributed by atoms with Crippen LogP contribution in [0.4, 0.5) is 0 Å². The quantitative estimate of drug-likeness (QED) is 0.564. The smallest absolute Gasteiger partial charge is 0.134 e. The van der Waals surface area contributed by atoms with Gasteiger partial charge in [-0.2, -0.15) is 0 Å². The zero-order chi connectivity index (χ0) is 8.39. The lowest BCUT2D eigenvalue weighted by molar-refractivity contribution is 0.476. The Hall–Kier alpha value is -1.50. The molecule has 0 N–H and O–H groups in total. The first-order valence-corrected chi connectivity index (χ1v) is 4.01. The fraction of sp³-hybridized carbons (Fsp3) is 0.0909. The van der Waals surface area contributed by atoms with E-state index in [9.17, 15) is 0 Å². The molecule has 60 valence electrons. The van der Waals surface area contributed by atoms with Gasteiger partial charge in [-0.1, -0.05) is 24.3 Å². The third-order valence-corrected chi connectivity index (χ3v) is 1.95. The van der Waals surface area contributed by atoms with Crippen LogP contribution in [0.15, 0.2) is 42.7 Å². The molecule has 1 aromatic rings. The van der Waals surface area contributed by atoms with Crippen molar-refractivity contribution in [2.24, 2.45) is 0 Å². The van der Waals surface area contributed by atoms with Gasteiger partial charge in [0.15, 0.2) is 0 Å². The molecule has 1 heteroatoms. The fourth-order valence-electron chi connectivity index (χ4n) is 1.33. The van der Waals surface area contributed by atoms with E-state index in [-0.39, 0.29) is 0 Å². The molecule has 0 aliphatic carbocycles. The highest BCUT2D eigenvalue weighted by Crippen LogP contribution is 2.30. The van der Waals surface area contributed by atoms with Crippen LogP contribution in [-0.4, -0.2) is 0 Å². The molecule has 1 aromatic carbocycles. The number of hydrogen-bond acceptors (Lipinski definition) is 1. The van der Waals surface area contributed by atoms with E-state index in [0.717, 1.165) is 5.75 Å². The van der Waals surface area contributed by atoms with E-state index in [4.69, 9.17) is 4.74 Å². The molecular formula is C11H10O. The predicted octanol–water partition coefficient (Wildman–Crippen LogP) is 3.00. The average molecular weight is 158 g/mol. The minimum absolute atomic E-state index is 0.938. The van der Waals surface area contributed by atoms with Crippen molar-refractivity contribution in [2.45, 2.75) is 6.92 Å². The van der Waals surface area contributed by atoms with Crippen molar-refractivity contribution < 1.29 is 4.74 Å². The van der Waals surface area contributed by atoms with E-state index < -0.39 is 0 Å². The van der Waals surface area contributed by atoms with Gasteiger partial charge in [0, 0.05) is 5.56 Å². The summed E-state index contributed by atoms with van der Waals surface area (Å²) >= 11 is 0. The minimum atomic E-state index is 0.938. The molecule has 0 aromatic heterocycles. The van der Waals surface area contributed by atoms with E-state index in [1.165, 1.54) is 11.1 Å². The van der Waals surface area contributed by atoms with Gasteiger partial charge in [-0.25, -0.2) is 0 Å². The van der Waals surface area contributed by atoms with Gasteiger partial charge in [0.25, 0.3) is 0 Å². The van der Waals surface area contributed by atoms with Crippen molar-refractivity contribution in [1.82, 2.24) is 0 Å². The standard InChI is InChI=1S/C11H10O/c1-2-9-7-8-12-11-6-4-3-5-10(9)11/h2-8H,1H3/b9-2+. The number of rotatable bonds is 0. The van der Waals surface area contributed by atoms with E-state index >= 15 is 0 Å². The Bertz CT molecular complexity index is 348. The third kappa shape index (κ3) is 1.03. The highest BCUT2D eigenvalue weighted by molar-refractivity contribution is 5.78. The van der Waals surface area contributed by atoms with Gasteiger partial charge in [0.05, 0.1) is 6.26 Å². The molecule has 1 heterocycles. The van der Waals surface area contributed by atoms with Crippen LogP contribution >= 0.6 is 0 Å². The second-order valence-corrected chi connectivity index (χ2v) is 2.66. The zero-order valence-corrected chi connectivity index (χ0v) is 6.95. The van der Waals surface area contributed by atoms with E-state index in [1.54, 1.807) is 6.26 Å². The van der Waals surface area contributed by atoms with Crippen molar-refractivity contribution >= 4 is 5.57 Å². The maximum atomic E-state index is 5.33. The summed E-state index contributed by atoms with van der Waals surface area (Å²) in [5, 5.41) is 0. The van der Waals surface area contributed by atoms with Crippen LogP contribution in [0.25, 0.3) is 5.57 Å². The van der Waals surface area contributed by atoms with Gasteiger partial charge in [-0.15, -0.1) is 0 Å². The van der Waals surface area contributed by atoms with Gasteiger partial charge in [-0.3, -0.25) is 0 Å². The van der Waals surface area contributed by atoms with E-state index in [1.807, 2.05) is 31.2 Å². The molecule has 0 fully saturated rings. The Morgan fingerprint density at radius 3 is 2.92 bits per heavy atom. The summed E-state index contributed by atoms with van der Waals surface area (Å²) in [6.07, 6.45) is 5.78. The molecule has 1 aliphatic heterocycles. The molecule has 0 spiro atoms. The topological polar surface area (TPSA) is 9.23 Å². The molecule has 0 bridgehead atoms. The predicted molar refractivity (Wildman–Crippen MR) is 49.9 cm³/mol. The first kappa shape index (κ1) is 7.17. The SMILES string of the molecule is C/C=C1\C=COc2ccccc21. The first-order valence-electron chi connectivity index (χ1n) is 4.01. The summed E-state index contributed by atoms with van der Waals surface area (Å²) < 4.78 is 5.33. The Balaban J connectivity index is 2.58. The number of ether oxygens (including phenoxy) is 1. The van der Waals surface area contributed by atoms with Crippen molar-refractivity contribution in [3.63, 3.8) is 0 Å². The summed E-state index contributed by atoms with van der Waals surface area (Å²) in [7, 11) is 0. The zero-order valence-electron chi connectivity index (χ0n) is 6.95. The van der Waals surface area contributed by atoms with Crippen LogP contribution in [0.2, 0.25) is 0 Å². The molecule has 1 nitrogen and oxygen atoms in total. The van der Waals surface area contributed by atoms with E-state index in [2.05, 4.69) is 12.1 Å². The first-order chi connectivity index (χ1) is 5.92. The molecule has 0 unspecified atom stereocenters. The van der Waals surface area contributed by atoms with Gasteiger partial charge in [0.1, 0.15) is 5.75 Å². The van der Waals surface area contributed by atoms with Gasteiger partial charge in [0.2, 0.25) is 0 Å². The lowest BCUT2D eigenvalue weighted by Crippen LogP contribution is -1.94. The van der Waals surface area contributed by atoms with Crippen molar-refractivity contribution in [1.29, 1.82) is 0 Å². The van der Waals surface area contributed by atoms with Crippen molar-refractivity contribution in [2.75, 3.05) is 0 Å². The Morgan fingerprint density at radius 1 is 1.25 bits per heavy atom. The van der Waals surface area contributed by atoms with Gasteiger partial charge < -0.3 is 4.74 Å². The van der Waals surface area contributed by atoms with E-state index in [0.29, 0.717) is 0 Å². The number of para-hydroxylation sites is 1. The molecule has 12 heavy (non-hydrogen) atoms. The summed E-state index contributed by atoms with van der Waals surface area (Å²) in [4.78, 5) is 0. The summed E-state index contributed by atoms with van der Waals surface area (Å²) in [5.74, 6) is 0.938. The van der Waals surface area contributed by atoms with Crippen LogP contribution in [0.5, 0.6) is 5.75 Å². The summed E-state index contributed by atoms with van der Waals surface area (Å²) in [6, 6.07) is 8.03. The Labute approximate surface area is 72.0 Å². The number of hydrogen-bond donors (Lipinski definition) is 0. The normalized spacial score (nSPS) is 17.2. The van der Waals surface area contributed by atoms with Crippen molar-refractivity contribution in [3.05, 3.63) is 48.2 Å². The van der Waals surface area contributed by atoms with Crippen LogP contribution in [0, 0.1) is 0 Å². The highest BCUT2D eigenvalue weighted by atomic mass is 16.5. The molecule has 1 aliphatic rings. The number of fused-ring (bicyclic) bond motifs is 1. The second-order valence-electron chi connectivity index (χ2n) is 2.66. The molecular weight excluding hydrogens is 148 g/mol. The number of benzene rings is 1. The molecule has 0 amide bonds. The van der Waals surface area contributed by atoms with Crippen LogP contribution in [0.3, 0.4) is 0 Å². The van der Waals surface area contributed by atoms with Gasteiger partial charge >= 0.3 is 0 Å². The molecule has 2 rings (SSSR count). The second kappa shape index (κ2) is 2.86. The molecule has 0 saturated carbocycles. The lowest BCUT2D eigenvalue weighted by Gasteiger charge is -2.13. The lowest BCUT2D eigenvalue weighted by atomic mass is 10.0. The molecule has 0 atom stereocenters.